The first-order valence-corrected chi connectivity index (χ1v) is 8.51. The molecule has 0 bridgehead atoms. The highest BCUT2D eigenvalue weighted by atomic mass is 16.3. The van der Waals surface area contributed by atoms with Gasteiger partial charge in [-0.05, 0) is 32.4 Å². The molecule has 4 heteroatoms. The van der Waals surface area contributed by atoms with E-state index in [-0.39, 0.29) is 6.10 Å². The molecule has 0 radical (unpaired) electrons. The molecule has 0 aliphatic carbocycles. The van der Waals surface area contributed by atoms with Gasteiger partial charge in [0.15, 0.2) is 0 Å². The average Bonchev–Trinajstić information content (AvgIpc) is 3.00. The van der Waals surface area contributed by atoms with Gasteiger partial charge in [0.1, 0.15) is 0 Å². The fourth-order valence-electron chi connectivity index (χ4n) is 3.83. The van der Waals surface area contributed by atoms with E-state index in [1.54, 1.807) is 0 Å². The van der Waals surface area contributed by atoms with Gasteiger partial charge in [0, 0.05) is 44.3 Å². The molecule has 4 atom stereocenters. The molecule has 2 heterocycles. The van der Waals surface area contributed by atoms with Crippen LogP contribution in [0.1, 0.15) is 25.3 Å². The van der Waals surface area contributed by atoms with Crippen molar-refractivity contribution in [2.45, 2.75) is 50.5 Å². The maximum atomic E-state index is 10.0. The van der Waals surface area contributed by atoms with Crippen LogP contribution in [0.3, 0.4) is 0 Å². The van der Waals surface area contributed by atoms with Crippen LogP contribution >= 0.6 is 0 Å². The predicted molar refractivity (Wildman–Crippen MR) is 89.8 cm³/mol. The molecule has 2 N–H and O–H groups in total. The normalized spacial score (nSPS) is 33.6. The minimum atomic E-state index is -0.180. The molecule has 1 aromatic carbocycles. The van der Waals surface area contributed by atoms with Crippen LogP contribution in [0.5, 0.6) is 0 Å². The number of likely N-dealkylation sites (tertiary alicyclic amines) is 2. The van der Waals surface area contributed by atoms with E-state index in [1.807, 2.05) is 0 Å². The molecule has 22 heavy (non-hydrogen) atoms. The SMILES string of the molecule is C[C@@H]1C[C@H](NC[C@@H]2C[C@H](O)CN2Cc2ccccc2)CN1C. The maximum Gasteiger partial charge on any atom is 0.0682 e. The summed E-state index contributed by atoms with van der Waals surface area (Å²) in [5.74, 6) is 0. The minimum Gasteiger partial charge on any atom is -0.392 e. The number of benzene rings is 1. The smallest absolute Gasteiger partial charge is 0.0682 e. The molecule has 2 aliphatic heterocycles. The Balaban J connectivity index is 1.52. The fourth-order valence-corrected chi connectivity index (χ4v) is 3.83. The van der Waals surface area contributed by atoms with Crippen LogP contribution in [0.15, 0.2) is 30.3 Å². The Morgan fingerprint density at radius 3 is 2.64 bits per heavy atom. The zero-order valence-electron chi connectivity index (χ0n) is 13.8. The van der Waals surface area contributed by atoms with Crippen LogP contribution in [0, 0.1) is 0 Å². The molecule has 3 rings (SSSR count). The Morgan fingerprint density at radius 2 is 1.95 bits per heavy atom. The van der Waals surface area contributed by atoms with Crippen LogP contribution in [0.4, 0.5) is 0 Å². The van der Waals surface area contributed by atoms with Crippen molar-refractivity contribution in [2.75, 3.05) is 26.7 Å². The molecule has 0 spiro atoms. The number of rotatable bonds is 5. The van der Waals surface area contributed by atoms with E-state index in [2.05, 4.69) is 59.4 Å². The monoisotopic (exact) mass is 303 g/mol. The highest BCUT2D eigenvalue weighted by Crippen LogP contribution is 2.21. The number of hydrogen-bond donors (Lipinski definition) is 2. The molecule has 0 unspecified atom stereocenters. The van der Waals surface area contributed by atoms with Crippen molar-refractivity contribution < 1.29 is 5.11 Å². The highest BCUT2D eigenvalue weighted by Gasteiger charge is 2.32. The van der Waals surface area contributed by atoms with E-state index in [0.29, 0.717) is 18.1 Å². The van der Waals surface area contributed by atoms with E-state index >= 15 is 0 Å². The lowest BCUT2D eigenvalue weighted by molar-refractivity contribution is 0.172. The van der Waals surface area contributed by atoms with Gasteiger partial charge >= 0.3 is 0 Å². The van der Waals surface area contributed by atoms with Crippen LogP contribution in [0.2, 0.25) is 0 Å². The predicted octanol–water partition coefficient (Wildman–Crippen LogP) is 1.30. The Labute approximate surface area is 134 Å². The lowest BCUT2D eigenvalue weighted by Crippen LogP contribution is -2.42. The summed E-state index contributed by atoms with van der Waals surface area (Å²) < 4.78 is 0. The van der Waals surface area contributed by atoms with Crippen molar-refractivity contribution in [2.24, 2.45) is 0 Å². The molecular formula is C18H29N3O. The quantitative estimate of drug-likeness (QED) is 0.860. The summed E-state index contributed by atoms with van der Waals surface area (Å²) in [5.41, 5.74) is 1.33. The first kappa shape index (κ1) is 15.9. The number of likely N-dealkylation sites (N-methyl/N-ethyl adjacent to an activating group) is 1. The van der Waals surface area contributed by atoms with Gasteiger partial charge in [-0.1, -0.05) is 30.3 Å². The van der Waals surface area contributed by atoms with Crippen LogP contribution in [-0.4, -0.2) is 65.8 Å². The summed E-state index contributed by atoms with van der Waals surface area (Å²) >= 11 is 0. The highest BCUT2D eigenvalue weighted by molar-refractivity contribution is 5.15. The lowest BCUT2D eigenvalue weighted by atomic mass is 10.1. The largest absolute Gasteiger partial charge is 0.392 e. The average molecular weight is 303 g/mol. The molecule has 2 fully saturated rings. The Kier molecular flexibility index (Phi) is 5.14. The Morgan fingerprint density at radius 1 is 1.18 bits per heavy atom. The second-order valence-electron chi connectivity index (χ2n) is 7.09. The van der Waals surface area contributed by atoms with Crippen molar-refractivity contribution in [3.05, 3.63) is 35.9 Å². The van der Waals surface area contributed by atoms with Crippen molar-refractivity contribution >= 4 is 0 Å². The summed E-state index contributed by atoms with van der Waals surface area (Å²) in [5, 5.41) is 13.8. The molecule has 4 nitrogen and oxygen atoms in total. The number of nitrogens with one attached hydrogen (secondary N) is 1. The summed E-state index contributed by atoms with van der Waals surface area (Å²) in [6.45, 7) is 6.14. The van der Waals surface area contributed by atoms with E-state index < -0.39 is 0 Å². The summed E-state index contributed by atoms with van der Waals surface area (Å²) in [6, 6.07) is 12.3. The van der Waals surface area contributed by atoms with E-state index in [9.17, 15) is 5.11 Å². The van der Waals surface area contributed by atoms with Gasteiger partial charge in [0.25, 0.3) is 0 Å². The Bertz CT molecular complexity index is 457. The third-order valence-corrected chi connectivity index (χ3v) is 5.26. The van der Waals surface area contributed by atoms with Gasteiger partial charge in [0.05, 0.1) is 6.10 Å². The summed E-state index contributed by atoms with van der Waals surface area (Å²) in [4.78, 5) is 4.85. The fraction of sp³-hybridized carbons (Fsp3) is 0.667. The zero-order valence-corrected chi connectivity index (χ0v) is 13.8. The van der Waals surface area contributed by atoms with Gasteiger partial charge in [-0.25, -0.2) is 0 Å². The van der Waals surface area contributed by atoms with Crippen LogP contribution in [-0.2, 0) is 6.54 Å². The third kappa shape index (κ3) is 3.87. The van der Waals surface area contributed by atoms with Crippen molar-refractivity contribution in [3.8, 4) is 0 Å². The summed E-state index contributed by atoms with van der Waals surface area (Å²) in [6.07, 6.45) is 1.93. The first-order valence-electron chi connectivity index (χ1n) is 8.51. The molecule has 122 valence electrons. The van der Waals surface area contributed by atoms with Gasteiger partial charge < -0.3 is 15.3 Å². The van der Waals surface area contributed by atoms with Gasteiger partial charge in [0.2, 0.25) is 0 Å². The Hall–Kier alpha value is -0.940. The van der Waals surface area contributed by atoms with Gasteiger partial charge in [-0.15, -0.1) is 0 Å². The minimum absolute atomic E-state index is 0.180. The molecule has 0 saturated carbocycles. The number of aliphatic hydroxyl groups excluding tert-OH is 1. The maximum absolute atomic E-state index is 10.0. The number of nitrogens with zero attached hydrogens (tertiary/aromatic N) is 2. The van der Waals surface area contributed by atoms with E-state index in [4.69, 9.17) is 0 Å². The van der Waals surface area contributed by atoms with Crippen LogP contribution in [0.25, 0.3) is 0 Å². The zero-order chi connectivity index (χ0) is 15.5. The number of hydrogen-bond acceptors (Lipinski definition) is 4. The standard InChI is InChI=1S/C18H29N3O/c1-14-8-16(12-20(14)2)19-10-17-9-18(22)13-21(17)11-15-6-4-3-5-7-15/h3-7,14,16-19,22H,8-13H2,1-2H3/t14-,16+,17+,18+/m1/s1. The molecular weight excluding hydrogens is 274 g/mol. The van der Waals surface area contributed by atoms with E-state index in [0.717, 1.165) is 32.6 Å². The molecule has 2 aliphatic rings. The van der Waals surface area contributed by atoms with Gasteiger partial charge in [-0.3, -0.25) is 4.90 Å². The second kappa shape index (κ2) is 7.09. The third-order valence-electron chi connectivity index (χ3n) is 5.26. The lowest BCUT2D eigenvalue weighted by Gasteiger charge is -2.26. The van der Waals surface area contributed by atoms with Crippen molar-refractivity contribution in [1.82, 2.24) is 15.1 Å². The molecule has 0 aromatic heterocycles. The number of aliphatic hydroxyl groups is 1. The second-order valence-corrected chi connectivity index (χ2v) is 7.09. The number of β-amino-alcohol motifs (C(OH)–C–C–N with tert-alkyl or cyclic N) is 1. The molecule has 1 aromatic rings. The molecule has 2 saturated heterocycles. The molecule has 0 amide bonds. The van der Waals surface area contributed by atoms with E-state index in [1.165, 1.54) is 12.0 Å². The first-order chi connectivity index (χ1) is 10.6. The van der Waals surface area contributed by atoms with Crippen molar-refractivity contribution in [3.63, 3.8) is 0 Å². The van der Waals surface area contributed by atoms with Gasteiger partial charge in [-0.2, -0.15) is 0 Å². The topological polar surface area (TPSA) is 38.7 Å². The van der Waals surface area contributed by atoms with Crippen molar-refractivity contribution in [1.29, 1.82) is 0 Å². The summed E-state index contributed by atoms with van der Waals surface area (Å²) in [7, 11) is 2.20. The van der Waals surface area contributed by atoms with Crippen LogP contribution < -0.4 is 5.32 Å².